The van der Waals surface area contributed by atoms with Crippen LogP contribution < -0.4 is 5.73 Å². The van der Waals surface area contributed by atoms with E-state index in [1.165, 1.54) is 5.52 Å². The van der Waals surface area contributed by atoms with Crippen molar-refractivity contribution in [2.24, 2.45) is 12.8 Å². The van der Waals surface area contributed by atoms with E-state index in [0.717, 1.165) is 16.1 Å². The van der Waals surface area contributed by atoms with Gasteiger partial charge in [-0.15, -0.1) is 0 Å². The second-order valence-corrected chi connectivity index (χ2v) is 4.06. The lowest BCUT2D eigenvalue weighted by molar-refractivity contribution is 0.726. The zero-order valence-electron chi connectivity index (χ0n) is 8.29. The summed E-state index contributed by atoms with van der Waals surface area (Å²) in [7, 11) is 2.02. The molecule has 14 heavy (non-hydrogen) atoms. The molecule has 3 heteroatoms. The number of aromatic nitrogens is 1. The van der Waals surface area contributed by atoms with E-state index < -0.39 is 0 Å². The summed E-state index contributed by atoms with van der Waals surface area (Å²) >= 11 is 5.92. The number of halogens is 1. The van der Waals surface area contributed by atoms with Crippen molar-refractivity contribution >= 4 is 22.5 Å². The van der Waals surface area contributed by atoms with Crippen molar-refractivity contribution in [2.75, 3.05) is 0 Å². The first-order valence-electron chi connectivity index (χ1n) is 4.60. The van der Waals surface area contributed by atoms with Crippen molar-refractivity contribution in [1.82, 2.24) is 4.57 Å². The normalized spacial score (nSPS) is 13.4. The van der Waals surface area contributed by atoms with Crippen LogP contribution in [0.1, 0.15) is 18.7 Å². The van der Waals surface area contributed by atoms with Crippen LogP contribution in [0.4, 0.5) is 0 Å². The molecule has 0 radical (unpaired) electrons. The first kappa shape index (κ1) is 9.56. The van der Waals surface area contributed by atoms with Crippen LogP contribution in [0.2, 0.25) is 5.02 Å². The van der Waals surface area contributed by atoms with Gasteiger partial charge < -0.3 is 10.3 Å². The summed E-state index contributed by atoms with van der Waals surface area (Å²) in [4.78, 5) is 0. The topological polar surface area (TPSA) is 30.9 Å². The molecule has 1 heterocycles. The maximum atomic E-state index is 5.92. The van der Waals surface area contributed by atoms with E-state index in [1.807, 2.05) is 32.2 Å². The minimum Gasteiger partial charge on any atom is -0.346 e. The van der Waals surface area contributed by atoms with Crippen molar-refractivity contribution in [3.8, 4) is 0 Å². The fraction of sp³-hybridized carbons (Fsp3) is 0.273. The smallest absolute Gasteiger partial charge is 0.0481 e. The summed E-state index contributed by atoms with van der Waals surface area (Å²) in [6.45, 7) is 1.98. The van der Waals surface area contributed by atoms with Gasteiger partial charge in [-0.05, 0) is 31.2 Å². The van der Waals surface area contributed by atoms with Gasteiger partial charge in [-0.25, -0.2) is 0 Å². The Kier molecular flexibility index (Phi) is 2.25. The maximum Gasteiger partial charge on any atom is 0.0481 e. The number of benzene rings is 1. The Balaban J connectivity index is 2.73. The Morgan fingerprint density at radius 3 is 2.71 bits per heavy atom. The number of fused-ring (bicyclic) bond motifs is 1. The monoisotopic (exact) mass is 208 g/mol. The van der Waals surface area contributed by atoms with E-state index in [9.17, 15) is 0 Å². The molecule has 2 aromatic rings. The van der Waals surface area contributed by atoms with Gasteiger partial charge in [-0.1, -0.05) is 11.6 Å². The van der Waals surface area contributed by atoms with Gasteiger partial charge in [0.2, 0.25) is 0 Å². The number of nitrogens with two attached hydrogens (primary N) is 1. The zero-order chi connectivity index (χ0) is 10.3. The van der Waals surface area contributed by atoms with Crippen molar-refractivity contribution in [1.29, 1.82) is 0 Å². The molecule has 0 unspecified atom stereocenters. The lowest BCUT2D eigenvalue weighted by atomic mass is 10.2. The highest BCUT2D eigenvalue weighted by Crippen LogP contribution is 2.24. The van der Waals surface area contributed by atoms with Gasteiger partial charge in [0.25, 0.3) is 0 Å². The van der Waals surface area contributed by atoms with Gasteiger partial charge >= 0.3 is 0 Å². The van der Waals surface area contributed by atoms with E-state index in [2.05, 4.69) is 10.6 Å². The summed E-state index contributed by atoms with van der Waals surface area (Å²) in [5, 5.41) is 1.91. The van der Waals surface area contributed by atoms with E-state index in [1.54, 1.807) is 0 Å². The third-order valence-electron chi connectivity index (χ3n) is 2.51. The van der Waals surface area contributed by atoms with E-state index in [0.29, 0.717) is 0 Å². The largest absolute Gasteiger partial charge is 0.346 e. The summed E-state index contributed by atoms with van der Waals surface area (Å²) in [6.07, 6.45) is 0. The van der Waals surface area contributed by atoms with Crippen LogP contribution in [0.5, 0.6) is 0 Å². The third kappa shape index (κ3) is 1.41. The molecule has 0 saturated carbocycles. The number of hydrogen-bond acceptors (Lipinski definition) is 1. The molecule has 0 aliphatic rings. The zero-order valence-corrected chi connectivity index (χ0v) is 9.05. The van der Waals surface area contributed by atoms with Crippen molar-refractivity contribution < 1.29 is 0 Å². The van der Waals surface area contributed by atoms with Crippen LogP contribution in [0, 0.1) is 0 Å². The molecule has 1 aromatic heterocycles. The molecule has 74 valence electrons. The van der Waals surface area contributed by atoms with Crippen LogP contribution in [0.15, 0.2) is 24.3 Å². The summed E-state index contributed by atoms with van der Waals surface area (Å²) in [5.74, 6) is 0. The Hall–Kier alpha value is -0.990. The third-order valence-corrected chi connectivity index (χ3v) is 2.74. The number of nitrogens with zero attached hydrogens (tertiary/aromatic N) is 1. The Morgan fingerprint density at radius 1 is 1.36 bits per heavy atom. The van der Waals surface area contributed by atoms with Gasteiger partial charge in [0.15, 0.2) is 0 Å². The molecule has 1 atom stereocenters. The molecule has 2 rings (SSSR count). The SMILES string of the molecule is C[C@@H](N)c1cc2cc(Cl)ccc2n1C. The Labute approximate surface area is 88.3 Å². The van der Waals surface area contributed by atoms with Gasteiger partial charge in [0.05, 0.1) is 0 Å². The molecular formula is C11H13ClN2. The average Bonchev–Trinajstić information content (AvgIpc) is 2.43. The van der Waals surface area contributed by atoms with Crippen molar-refractivity contribution in [2.45, 2.75) is 13.0 Å². The van der Waals surface area contributed by atoms with Crippen LogP contribution >= 0.6 is 11.6 Å². The first-order chi connectivity index (χ1) is 6.59. The van der Waals surface area contributed by atoms with Crippen LogP contribution in [-0.4, -0.2) is 4.57 Å². The maximum absolute atomic E-state index is 5.92. The molecule has 0 fully saturated rings. The fourth-order valence-corrected chi connectivity index (χ4v) is 1.96. The lowest BCUT2D eigenvalue weighted by Crippen LogP contribution is -2.09. The van der Waals surface area contributed by atoms with Crippen LogP contribution in [0.25, 0.3) is 10.9 Å². The lowest BCUT2D eigenvalue weighted by Gasteiger charge is -2.06. The summed E-state index contributed by atoms with van der Waals surface area (Å²) in [6, 6.07) is 8.01. The molecular weight excluding hydrogens is 196 g/mol. The van der Waals surface area contributed by atoms with E-state index in [-0.39, 0.29) is 6.04 Å². The molecule has 2 N–H and O–H groups in total. The van der Waals surface area contributed by atoms with Crippen LogP contribution in [0.3, 0.4) is 0 Å². The van der Waals surface area contributed by atoms with E-state index >= 15 is 0 Å². The molecule has 0 saturated heterocycles. The first-order valence-corrected chi connectivity index (χ1v) is 4.98. The minimum atomic E-state index is 0.0474. The van der Waals surface area contributed by atoms with E-state index in [4.69, 9.17) is 17.3 Å². The predicted octanol–water partition coefficient (Wildman–Crippen LogP) is 2.85. The number of rotatable bonds is 1. The van der Waals surface area contributed by atoms with Gasteiger partial charge in [-0.3, -0.25) is 0 Å². The highest BCUT2D eigenvalue weighted by atomic mass is 35.5. The van der Waals surface area contributed by atoms with Gasteiger partial charge in [0, 0.05) is 34.7 Å². The fourth-order valence-electron chi connectivity index (χ4n) is 1.78. The molecule has 0 aliphatic heterocycles. The molecule has 2 nitrogen and oxygen atoms in total. The molecule has 1 aromatic carbocycles. The average molecular weight is 209 g/mol. The molecule has 0 spiro atoms. The molecule has 0 aliphatic carbocycles. The van der Waals surface area contributed by atoms with Crippen molar-refractivity contribution in [3.05, 3.63) is 35.0 Å². The second-order valence-electron chi connectivity index (χ2n) is 3.62. The minimum absolute atomic E-state index is 0.0474. The Bertz CT molecular complexity index is 471. The number of aryl methyl sites for hydroxylation is 1. The molecule has 0 amide bonds. The predicted molar refractivity (Wildman–Crippen MR) is 60.5 cm³/mol. The summed E-state index contributed by atoms with van der Waals surface area (Å²) < 4.78 is 2.11. The number of hydrogen-bond donors (Lipinski definition) is 1. The highest BCUT2D eigenvalue weighted by Gasteiger charge is 2.08. The van der Waals surface area contributed by atoms with Crippen LogP contribution in [-0.2, 0) is 7.05 Å². The summed E-state index contributed by atoms with van der Waals surface area (Å²) in [5.41, 5.74) is 8.16. The second kappa shape index (κ2) is 3.30. The standard InChI is InChI=1S/C11H13ClN2/c1-7(13)11-6-8-5-9(12)3-4-10(8)14(11)2/h3-7H,13H2,1-2H3/t7-/m1/s1. The van der Waals surface area contributed by atoms with Gasteiger partial charge in [0.1, 0.15) is 0 Å². The quantitative estimate of drug-likeness (QED) is 0.768. The highest BCUT2D eigenvalue weighted by molar-refractivity contribution is 6.31. The molecule has 0 bridgehead atoms. The van der Waals surface area contributed by atoms with Gasteiger partial charge in [-0.2, -0.15) is 0 Å². The van der Waals surface area contributed by atoms with Crippen molar-refractivity contribution in [3.63, 3.8) is 0 Å². The Morgan fingerprint density at radius 2 is 2.07 bits per heavy atom.